The van der Waals surface area contributed by atoms with Gasteiger partial charge in [0, 0.05) is 18.2 Å². The number of aliphatic carboxylic acids is 1. The zero-order chi connectivity index (χ0) is 21.0. The van der Waals surface area contributed by atoms with E-state index < -0.39 is 12.3 Å². The van der Waals surface area contributed by atoms with Crippen molar-refractivity contribution >= 4 is 17.6 Å². The zero-order valence-electron chi connectivity index (χ0n) is 15.9. The van der Waals surface area contributed by atoms with E-state index in [2.05, 4.69) is 5.32 Å². The molecule has 1 unspecified atom stereocenters. The smallest absolute Gasteiger partial charge is 0.307 e. The fraction of sp³-hybridized carbons (Fsp3) is 0.182. The molecule has 1 amide bonds. The highest BCUT2D eigenvalue weighted by Gasteiger charge is 2.16. The first kappa shape index (κ1) is 20.1. The van der Waals surface area contributed by atoms with Gasteiger partial charge in [-0.15, -0.1) is 0 Å². The summed E-state index contributed by atoms with van der Waals surface area (Å²) in [5.41, 5.74) is 2.30. The number of carboxylic acids is 1. The van der Waals surface area contributed by atoms with E-state index in [9.17, 15) is 14.0 Å². The number of ether oxygens (including phenoxy) is 1. The van der Waals surface area contributed by atoms with Crippen molar-refractivity contribution in [3.63, 3.8) is 0 Å². The number of anilines is 1. The van der Waals surface area contributed by atoms with E-state index >= 15 is 0 Å². The normalized spacial score (nSPS) is 11.7. The number of furan rings is 1. The van der Waals surface area contributed by atoms with Crippen LogP contribution in [0.4, 0.5) is 10.1 Å². The van der Waals surface area contributed by atoms with E-state index in [-0.39, 0.29) is 12.3 Å². The Kier molecular flexibility index (Phi) is 5.97. The lowest BCUT2D eigenvalue weighted by atomic mass is 10.1. The van der Waals surface area contributed by atoms with E-state index in [1.54, 1.807) is 61.5 Å². The summed E-state index contributed by atoms with van der Waals surface area (Å²) in [6.07, 6.45) is -1.48. The van der Waals surface area contributed by atoms with E-state index in [1.165, 1.54) is 6.92 Å². The van der Waals surface area contributed by atoms with Gasteiger partial charge in [0.2, 0.25) is 6.36 Å². The molecule has 0 radical (unpaired) electrons. The number of hydrogen-bond acceptors (Lipinski definition) is 4. The van der Waals surface area contributed by atoms with Crippen LogP contribution in [0.25, 0.3) is 11.3 Å². The molecule has 1 atom stereocenters. The van der Waals surface area contributed by atoms with Gasteiger partial charge >= 0.3 is 5.97 Å². The standard InChI is InChI=1S/C22H20FNO5/c1-13-19(22(27)24-17-7-3-15(4-8-17)11-21(25)26)12-20(28-13)16-5-9-18(10-6-16)29-14(2)23/h3-10,12,14H,11H2,1-2H3,(H,24,27)(H,25,26). The average molecular weight is 397 g/mol. The second kappa shape index (κ2) is 8.60. The number of nitrogens with one attached hydrogen (secondary N) is 1. The molecular weight excluding hydrogens is 377 g/mol. The molecular formula is C22H20FNO5. The summed E-state index contributed by atoms with van der Waals surface area (Å²) in [6, 6.07) is 14.9. The van der Waals surface area contributed by atoms with Crippen LogP contribution in [0, 0.1) is 6.92 Å². The van der Waals surface area contributed by atoms with E-state index in [4.69, 9.17) is 14.3 Å². The van der Waals surface area contributed by atoms with Crippen LogP contribution in [0.15, 0.2) is 59.0 Å². The summed E-state index contributed by atoms with van der Waals surface area (Å²) in [7, 11) is 0. The highest BCUT2D eigenvalue weighted by atomic mass is 19.1. The van der Waals surface area contributed by atoms with Gasteiger partial charge in [0.25, 0.3) is 5.91 Å². The lowest BCUT2D eigenvalue weighted by Gasteiger charge is -2.06. The lowest BCUT2D eigenvalue weighted by molar-refractivity contribution is -0.136. The quantitative estimate of drug-likeness (QED) is 0.596. The fourth-order valence-electron chi connectivity index (χ4n) is 2.81. The monoisotopic (exact) mass is 397 g/mol. The average Bonchev–Trinajstić information content (AvgIpc) is 3.05. The third kappa shape index (κ3) is 5.22. The number of carbonyl (C=O) groups excluding carboxylic acids is 1. The minimum Gasteiger partial charge on any atom is -0.481 e. The highest BCUT2D eigenvalue weighted by Crippen LogP contribution is 2.28. The second-order valence-corrected chi connectivity index (χ2v) is 6.49. The molecule has 3 aromatic rings. The molecule has 29 heavy (non-hydrogen) atoms. The Hall–Kier alpha value is -3.61. The molecule has 0 saturated heterocycles. The van der Waals surface area contributed by atoms with Gasteiger partial charge in [0.1, 0.15) is 17.3 Å². The third-order valence-corrected chi connectivity index (χ3v) is 4.17. The first-order valence-electron chi connectivity index (χ1n) is 8.95. The molecule has 0 bridgehead atoms. The summed E-state index contributed by atoms with van der Waals surface area (Å²) in [5, 5.41) is 11.6. The number of amides is 1. The summed E-state index contributed by atoms with van der Waals surface area (Å²) >= 11 is 0. The fourth-order valence-corrected chi connectivity index (χ4v) is 2.81. The Labute approximate surface area is 166 Å². The largest absolute Gasteiger partial charge is 0.481 e. The van der Waals surface area contributed by atoms with Crippen molar-refractivity contribution < 1.29 is 28.2 Å². The zero-order valence-corrected chi connectivity index (χ0v) is 15.9. The van der Waals surface area contributed by atoms with Crippen molar-refractivity contribution in [3.8, 4) is 17.1 Å². The predicted octanol–water partition coefficient (Wildman–Crippen LogP) is 4.83. The molecule has 0 aliphatic rings. The molecule has 2 N–H and O–H groups in total. The Morgan fingerprint density at radius 3 is 2.38 bits per heavy atom. The number of hydrogen-bond donors (Lipinski definition) is 2. The molecule has 6 nitrogen and oxygen atoms in total. The lowest BCUT2D eigenvalue weighted by Crippen LogP contribution is -2.12. The Morgan fingerprint density at radius 1 is 1.14 bits per heavy atom. The SMILES string of the molecule is Cc1oc(-c2ccc(OC(C)F)cc2)cc1C(=O)Nc1ccc(CC(=O)O)cc1. The summed E-state index contributed by atoms with van der Waals surface area (Å²) < 4.78 is 23.6. The number of carboxylic acid groups (broad SMARTS) is 1. The van der Waals surface area contributed by atoms with Gasteiger partial charge in [-0.2, -0.15) is 0 Å². The molecule has 1 heterocycles. The minimum absolute atomic E-state index is 0.0769. The number of halogens is 1. The second-order valence-electron chi connectivity index (χ2n) is 6.49. The summed E-state index contributed by atoms with van der Waals surface area (Å²) in [6.45, 7) is 2.99. The maximum Gasteiger partial charge on any atom is 0.307 e. The molecule has 0 aliphatic heterocycles. The first-order chi connectivity index (χ1) is 13.8. The van der Waals surface area contributed by atoms with E-state index in [1.807, 2.05) is 0 Å². The van der Waals surface area contributed by atoms with Gasteiger partial charge in [-0.25, -0.2) is 4.39 Å². The first-order valence-corrected chi connectivity index (χ1v) is 8.95. The van der Waals surface area contributed by atoms with Crippen LogP contribution in [-0.4, -0.2) is 23.3 Å². The molecule has 0 saturated carbocycles. The highest BCUT2D eigenvalue weighted by molar-refractivity contribution is 6.05. The van der Waals surface area contributed by atoms with Crippen molar-refractivity contribution in [2.75, 3.05) is 5.32 Å². The Bertz CT molecular complexity index is 1010. The molecule has 1 aromatic heterocycles. The molecule has 0 spiro atoms. The van der Waals surface area contributed by atoms with Crippen LogP contribution in [0.1, 0.15) is 28.6 Å². The maximum atomic E-state index is 12.9. The van der Waals surface area contributed by atoms with Crippen molar-refractivity contribution in [2.24, 2.45) is 0 Å². The van der Waals surface area contributed by atoms with Crippen LogP contribution in [0.5, 0.6) is 5.75 Å². The third-order valence-electron chi connectivity index (χ3n) is 4.17. The topological polar surface area (TPSA) is 88.8 Å². The van der Waals surface area contributed by atoms with Gasteiger partial charge in [-0.1, -0.05) is 12.1 Å². The van der Waals surface area contributed by atoms with E-state index in [0.29, 0.717) is 34.1 Å². The number of alkyl halides is 1. The Morgan fingerprint density at radius 2 is 1.79 bits per heavy atom. The predicted molar refractivity (Wildman–Crippen MR) is 106 cm³/mol. The van der Waals surface area contributed by atoms with Crippen molar-refractivity contribution in [3.05, 3.63) is 71.5 Å². The molecule has 150 valence electrons. The summed E-state index contributed by atoms with van der Waals surface area (Å²) in [4.78, 5) is 23.3. The van der Waals surface area contributed by atoms with Crippen LogP contribution in [0.3, 0.4) is 0 Å². The molecule has 7 heteroatoms. The number of rotatable bonds is 7. The number of carbonyl (C=O) groups is 2. The van der Waals surface area contributed by atoms with Gasteiger partial charge in [0.15, 0.2) is 0 Å². The number of aryl methyl sites for hydroxylation is 1. The van der Waals surface area contributed by atoms with Gasteiger partial charge < -0.3 is 19.6 Å². The molecule has 2 aromatic carbocycles. The van der Waals surface area contributed by atoms with Crippen LogP contribution >= 0.6 is 0 Å². The molecule has 0 fully saturated rings. The molecule has 0 aliphatic carbocycles. The van der Waals surface area contributed by atoms with Gasteiger partial charge in [-0.3, -0.25) is 9.59 Å². The summed E-state index contributed by atoms with van der Waals surface area (Å²) in [5.74, 6) is 0.107. The van der Waals surface area contributed by atoms with Crippen LogP contribution in [0.2, 0.25) is 0 Å². The maximum absolute atomic E-state index is 12.9. The van der Waals surface area contributed by atoms with Gasteiger partial charge in [0.05, 0.1) is 12.0 Å². The van der Waals surface area contributed by atoms with Crippen molar-refractivity contribution in [1.82, 2.24) is 0 Å². The molecule has 3 rings (SSSR count). The van der Waals surface area contributed by atoms with Crippen LogP contribution in [-0.2, 0) is 11.2 Å². The van der Waals surface area contributed by atoms with Gasteiger partial charge in [-0.05, 0) is 55.0 Å². The number of benzene rings is 2. The minimum atomic E-state index is -1.40. The van der Waals surface area contributed by atoms with Crippen LogP contribution < -0.4 is 10.1 Å². The van der Waals surface area contributed by atoms with Crippen molar-refractivity contribution in [1.29, 1.82) is 0 Å². The Balaban J connectivity index is 1.72. The van der Waals surface area contributed by atoms with E-state index in [0.717, 1.165) is 5.56 Å². The van der Waals surface area contributed by atoms with Crippen molar-refractivity contribution in [2.45, 2.75) is 26.6 Å².